The lowest BCUT2D eigenvalue weighted by atomic mass is 10.2. The topological polar surface area (TPSA) is 57.8 Å². The van der Waals surface area contributed by atoms with Crippen LogP contribution in [0.4, 0.5) is 0 Å². The van der Waals surface area contributed by atoms with E-state index in [-0.39, 0.29) is 5.56 Å². The lowest BCUT2D eigenvalue weighted by Gasteiger charge is -2.20. The summed E-state index contributed by atoms with van der Waals surface area (Å²) in [6, 6.07) is 1.99. The van der Waals surface area contributed by atoms with E-state index in [9.17, 15) is 4.79 Å². The van der Waals surface area contributed by atoms with Crippen LogP contribution in [-0.2, 0) is 6.42 Å². The molecule has 0 aliphatic heterocycles. The van der Waals surface area contributed by atoms with Crippen LogP contribution in [0.15, 0.2) is 16.0 Å². The van der Waals surface area contributed by atoms with E-state index in [4.69, 9.17) is 0 Å². The Bertz CT molecular complexity index is 433. The molecule has 0 amide bonds. The molecule has 0 saturated carbocycles. The van der Waals surface area contributed by atoms with Crippen LogP contribution in [0.25, 0.3) is 0 Å². The first-order valence-corrected chi connectivity index (χ1v) is 7.95. The Morgan fingerprint density at radius 3 is 2.74 bits per heavy atom. The van der Waals surface area contributed by atoms with Gasteiger partial charge < -0.3 is 10.3 Å². The van der Waals surface area contributed by atoms with Crippen molar-refractivity contribution in [2.24, 2.45) is 0 Å². The number of nitrogens with zero attached hydrogens (tertiary/aromatic N) is 1. The molecule has 2 N–H and O–H groups in total. The van der Waals surface area contributed by atoms with Crippen LogP contribution in [0.3, 0.4) is 0 Å². The Kier molecular flexibility index (Phi) is 7.16. The fraction of sp³-hybridized carbons (Fsp3) is 0.714. The predicted molar refractivity (Wildman–Crippen MR) is 81.9 cm³/mol. The van der Waals surface area contributed by atoms with E-state index >= 15 is 0 Å². The van der Waals surface area contributed by atoms with Crippen LogP contribution < -0.4 is 10.9 Å². The minimum Gasteiger partial charge on any atom is -0.313 e. The quantitative estimate of drug-likeness (QED) is 0.569. The van der Waals surface area contributed by atoms with Gasteiger partial charge in [0.05, 0.1) is 0 Å². The molecule has 0 fully saturated rings. The highest BCUT2D eigenvalue weighted by Crippen LogP contribution is 2.21. The number of aryl methyl sites for hydroxylation is 1. The fourth-order valence-electron chi connectivity index (χ4n) is 1.74. The molecule has 1 heterocycles. The number of hydrogen-bond donors (Lipinski definition) is 2. The number of H-pyrrole nitrogens is 1. The average Bonchev–Trinajstić information content (AvgIpc) is 2.35. The molecule has 0 bridgehead atoms. The predicted octanol–water partition coefficient (Wildman–Crippen LogP) is 2.59. The zero-order chi connectivity index (χ0) is 14.3. The van der Waals surface area contributed by atoms with E-state index in [1.165, 1.54) is 0 Å². The van der Waals surface area contributed by atoms with Gasteiger partial charge in [0, 0.05) is 23.1 Å². The van der Waals surface area contributed by atoms with Crippen molar-refractivity contribution < 1.29 is 0 Å². The Hall–Kier alpha value is -0.810. The minimum absolute atomic E-state index is 0.0534. The normalized spacial score (nSPS) is 14.3. The van der Waals surface area contributed by atoms with Crippen molar-refractivity contribution in [1.29, 1.82) is 0 Å². The molecule has 2 unspecified atom stereocenters. The second-order valence-electron chi connectivity index (χ2n) is 4.86. The summed E-state index contributed by atoms with van der Waals surface area (Å²) in [5, 5.41) is 4.56. The molecule has 0 aromatic carbocycles. The molecule has 108 valence electrons. The molecule has 19 heavy (non-hydrogen) atoms. The number of thioether (sulfide) groups is 1. The Morgan fingerprint density at radius 2 is 2.11 bits per heavy atom. The monoisotopic (exact) mass is 283 g/mol. The van der Waals surface area contributed by atoms with Gasteiger partial charge in [-0.25, -0.2) is 4.98 Å². The van der Waals surface area contributed by atoms with Gasteiger partial charge in [0.25, 0.3) is 5.56 Å². The third-order valence-corrected chi connectivity index (χ3v) is 4.19. The van der Waals surface area contributed by atoms with E-state index in [1.807, 2.05) is 0 Å². The van der Waals surface area contributed by atoms with E-state index in [0.29, 0.717) is 11.3 Å². The third-order valence-electron chi connectivity index (χ3n) is 3.00. The molecule has 0 aliphatic rings. The Morgan fingerprint density at radius 1 is 1.37 bits per heavy atom. The van der Waals surface area contributed by atoms with Gasteiger partial charge in [-0.15, -0.1) is 0 Å². The van der Waals surface area contributed by atoms with Gasteiger partial charge in [-0.2, -0.15) is 0 Å². The highest BCUT2D eigenvalue weighted by molar-refractivity contribution is 7.99. The first-order chi connectivity index (χ1) is 9.06. The van der Waals surface area contributed by atoms with Crippen molar-refractivity contribution in [2.45, 2.75) is 63.4 Å². The van der Waals surface area contributed by atoms with Gasteiger partial charge in [-0.3, -0.25) is 4.79 Å². The molecule has 1 rings (SSSR count). The summed E-state index contributed by atoms with van der Waals surface area (Å²) < 4.78 is 0. The highest BCUT2D eigenvalue weighted by atomic mass is 32.2. The maximum atomic E-state index is 11.6. The number of nitrogens with one attached hydrogen (secondary N) is 2. The second-order valence-corrected chi connectivity index (χ2v) is 6.22. The molecule has 5 heteroatoms. The molecular formula is C14H25N3OS. The summed E-state index contributed by atoms with van der Waals surface area (Å²) in [5.41, 5.74) is 0.831. The van der Waals surface area contributed by atoms with E-state index in [1.54, 1.807) is 17.8 Å². The van der Waals surface area contributed by atoms with Crippen molar-refractivity contribution in [3.8, 4) is 0 Å². The highest BCUT2D eigenvalue weighted by Gasteiger charge is 2.14. The van der Waals surface area contributed by atoms with Gasteiger partial charge in [0.15, 0.2) is 5.16 Å². The van der Waals surface area contributed by atoms with Crippen LogP contribution in [0.1, 0.15) is 46.2 Å². The average molecular weight is 283 g/mol. The largest absolute Gasteiger partial charge is 0.313 e. The first-order valence-electron chi connectivity index (χ1n) is 7.07. The lowest BCUT2D eigenvalue weighted by molar-refractivity contribution is 0.541. The molecule has 0 saturated heterocycles. The number of rotatable bonds is 8. The molecule has 4 nitrogen and oxygen atoms in total. The smallest absolute Gasteiger partial charge is 0.251 e. The molecule has 2 atom stereocenters. The number of hydrogen-bond acceptors (Lipinski definition) is 4. The van der Waals surface area contributed by atoms with Crippen molar-refractivity contribution in [2.75, 3.05) is 6.54 Å². The molecule has 1 aromatic rings. The summed E-state index contributed by atoms with van der Waals surface area (Å²) in [4.78, 5) is 18.9. The SMILES string of the molecule is CCCNC(C)C(C)Sc1nc(CCC)cc(=O)[nH]1. The summed E-state index contributed by atoms with van der Waals surface area (Å²) in [6.45, 7) is 9.59. The van der Waals surface area contributed by atoms with Crippen molar-refractivity contribution in [3.63, 3.8) is 0 Å². The van der Waals surface area contributed by atoms with Crippen molar-refractivity contribution >= 4 is 11.8 Å². The lowest BCUT2D eigenvalue weighted by Crippen LogP contribution is -2.34. The van der Waals surface area contributed by atoms with Gasteiger partial charge in [0.2, 0.25) is 0 Å². The molecular weight excluding hydrogens is 258 g/mol. The van der Waals surface area contributed by atoms with Crippen LogP contribution in [0.2, 0.25) is 0 Å². The van der Waals surface area contributed by atoms with Gasteiger partial charge in [-0.05, 0) is 26.3 Å². The zero-order valence-corrected chi connectivity index (χ0v) is 13.1. The number of aromatic amines is 1. The van der Waals surface area contributed by atoms with E-state index in [0.717, 1.165) is 36.7 Å². The molecule has 0 aliphatic carbocycles. The Labute approximate surface area is 119 Å². The molecule has 1 aromatic heterocycles. The summed E-state index contributed by atoms with van der Waals surface area (Å²) in [6.07, 6.45) is 2.99. The van der Waals surface area contributed by atoms with Crippen LogP contribution in [0.5, 0.6) is 0 Å². The summed E-state index contributed by atoms with van der Waals surface area (Å²) in [5.74, 6) is 0. The van der Waals surface area contributed by atoms with E-state index < -0.39 is 0 Å². The van der Waals surface area contributed by atoms with Gasteiger partial charge in [-0.1, -0.05) is 39.0 Å². The summed E-state index contributed by atoms with van der Waals surface area (Å²) in [7, 11) is 0. The van der Waals surface area contributed by atoms with E-state index in [2.05, 4.69) is 43.0 Å². The van der Waals surface area contributed by atoms with Gasteiger partial charge >= 0.3 is 0 Å². The zero-order valence-electron chi connectivity index (χ0n) is 12.3. The molecule has 0 radical (unpaired) electrons. The minimum atomic E-state index is -0.0534. The second kappa shape index (κ2) is 8.38. The Balaban J connectivity index is 2.67. The third kappa shape index (κ3) is 5.78. The number of aromatic nitrogens is 2. The standard InChI is InChI=1S/C14H25N3OS/c1-5-7-12-9-13(18)17-14(16-12)19-11(4)10(3)15-8-6-2/h9-11,15H,5-8H2,1-4H3,(H,16,17,18). The van der Waals surface area contributed by atoms with Crippen molar-refractivity contribution in [1.82, 2.24) is 15.3 Å². The molecule has 0 spiro atoms. The van der Waals surface area contributed by atoms with Gasteiger partial charge in [0.1, 0.15) is 0 Å². The maximum Gasteiger partial charge on any atom is 0.251 e. The van der Waals surface area contributed by atoms with Crippen LogP contribution >= 0.6 is 11.8 Å². The fourth-order valence-corrected chi connectivity index (χ4v) is 2.72. The first kappa shape index (κ1) is 16.2. The van der Waals surface area contributed by atoms with Crippen LogP contribution in [-0.4, -0.2) is 27.8 Å². The summed E-state index contributed by atoms with van der Waals surface area (Å²) >= 11 is 1.63. The van der Waals surface area contributed by atoms with Crippen molar-refractivity contribution in [3.05, 3.63) is 22.1 Å². The van der Waals surface area contributed by atoms with Crippen LogP contribution in [0, 0.1) is 0 Å². The maximum absolute atomic E-state index is 11.6.